The van der Waals surface area contributed by atoms with E-state index in [2.05, 4.69) is 53.3 Å². The normalized spacial score (nSPS) is 12.2. The van der Waals surface area contributed by atoms with Crippen molar-refractivity contribution in [1.82, 2.24) is 5.32 Å². The Morgan fingerprint density at radius 2 is 2.05 bits per heavy atom. The summed E-state index contributed by atoms with van der Waals surface area (Å²) in [7, 11) is 1.62. The van der Waals surface area contributed by atoms with Crippen LogP contribution in [-0.2, 0) is 0 Å². The van der Waals surface area contributed by atoms with E-state index >= 15 is 0 Å². The Kier molecular flexibility index (Phi) is 5.68. The van der Waals surface area contributed by atoms with Crippen molar-refractivity contribution in [3.8, 4) is 5.75 Å². The first-order valence-corrected chi connectivity index (χ1v) is 8.07. The highest BCUT2D eigenvalue weighted by molar-refractivity contribution is 9.10. The molecule has 0 aliphatic carbocycles. The van der Waals surface area contributed by atoms with Crippen molar-refractivity contribution in [3.05, 3.63) is 62.6 Å². The Bertz CT molecular complexity index is 630. The van der Waals surface area contributed by atoms with E-state index in [0.717, 1.165) is 16.6 Å². The van der Waals surface area contributed by atoms with Crippen molar-refractivity contribution in [1.29, 1.82) is 0 Å². The van der Waals surface area contributed by atoms with E-state index < -0.39 is 0 Å². The SMILES string of the molecule is CCNC(c1ccc(OC)c(Cl)c1)c1cccc(C)c1Br. The molecule has 2 nitrogen and oxygen atoms in total. The van der Waals surface area contributed by atoms with Crippen LogP contribution in [-0.4, -0.2) is 13.7 Å². The number of ether oxygens (including phenoxy) is 1. The molecule has 0 radical (unpaired) electrons. The second kappa shape index (κ2) is 7.30. The van der Waals surface area contributed by atoms with E-state index in [1.807, 2.05) is 18.2 Å². The molecule has 4 heteroatoms. The average Bonchev–Trinajstić information content (AvgIpc) is 2.48. The molecule has 112 valence electrons. The highest BCUT2D eigenvalue weighted by Gasteiger charge is 2.17. The van der Waals surface area contributed by atoms with Crippen LogP contribution in [0.5, 0.6) is 5.75 Å². The predicted octanol–water partition coefficient (Wildman–Crippen LogP) is 5.12. The molecular weight excluding hydrogens is 350 g/mol. The first-order valence-electron chi connectivity index (χ1n) is 6.90. The number of hydrogen-bond donors (Lipinski definition) is 1. The zero-order valence-corrected chi connectivity index (χ0v) is 14.8. The molecule has 0 bridgehead atoms. The van der Waals surface area contributed by atoms with Gasteiger partial charge in [0.15, 0.2) is 0 Å². The minimum Gasteiger partial charge on any atom is -0.495 e. The Labute approximate surface area is 139 Å². The zero-order valence-electron chi connectivity index (χ0n) is 12.4. The van der Waals surface area contributed by atoms with Gasteiger partial charge in [0.2, 0.25) is 0 Å². The number of nitrogens with one attached hydrogen (secondary N) is 1. The molecule has 0 amide bonds. The van der Waals surface area contributed by atoms with E-state index in [1.54, 1.807) is 7.11 Å². The van der Waals surface area contributed by atoms with E-state index in [-0.39, 0.29) is 6.04 Å². The molecule has 0 heterocycles. The Morgan fingerprint density at radius 3 is 2.67 bits per heavy atom. The van der Waals surface area contributed by atoms with Crippen molar-refractivity contribution >= 4 is 27.5 Å². The van der Waals surface area contributed by atoms with Gasteiger partial charge in [-0.05, 0) is 42.3 Å². The number of hydrogen-bond acceptors (Lipinski definition) is 2. The molecule has 0 saturated carbocycles. The smallest absolute Gasteiger partial charge is 0.137 e. The average molecular weight is 369 g/mol. The molecule has 0 fully saturated rings. The van der Waals surface area contributed by atoms with Gasteiger partial charge < -0.3 is 10.1 Å². The minimum absolute atomic E-state index is 0.0904. The van der Waals surface area contributed by atoms with Crippen LogP contribution < -0.4 is 10.1 Å². The summed E-state index contributed by atoms with van der Waals surface area (Å²) in [6, 6.07) is 12.3. The minimum atomic E-state index is 0.0904. The van der Waals surface area contributed by atoms with Crippen LogP contribution in [0.25, 0.3) is 0 Å². The Hall–Kier alpha value is -1.03. The van der Waals surface area contributed by atoms with E-state index in [9.17, 15) is 0 Å². The van der Waals surface area contributed by atoms with Gasteiger partial charge in [0.1, 0.15) is 5.75 Å². The third-order valence-electron chi connectivity index (χ3n) is 3.45. The van der Waals surface area contributed by atoms with Crippen LogP contribution in [0.15, 0.2) is 40.9 Å². The van der Waals surface area contributed by atoms with Gasteiger partial charge in [0, 0.05) is 4.47 Å². The van der Waals surface area contributed by atoms with Crippen LogP contribution in [0.4, 0.5) is 0 Å². The van der Waals surface area contributed by atoms with Gasteiger partial charge in [-0.1, -0.05) is 58.7 Å². The quantitative estimate of drug-likeness (QED) is 0.791. The van der Waals surface area contributed by atoms with E-state index in [0.29, 0.717) is 10.8 Å². The van der Waals surface area contributed by atoms with Crippen molar-refractivity contribution < 1.29 is 4.74 Å². The molecule has 2 rings (SSSR count). The van der Waals surface area contributed by atoms with Gasteiger partial charge >= 0.3 is 0 Å². The van der Waals surface area contributed by atoms with Crippen LogP contribution >= 0.6 is 27.5 Å². The maximum Gasteiger partial charge on any atom is 0.137 e. The molecule has 0 saturated heterocycles. The molecule has 1 atom stereocenters. The first kappa shape index (κ1) is 16.3. The summed E-state index contributed by atoms with van der Waals surface area (Å²) in [6.07, 6.45) is 0. The Balaban J connectivity index is 2.48. The van der Waals surface area contributed by atoms with Gasteiger partial charge in [0.05, 0.1) is 18.2 Å². The maximum absolute atomic E-state index is 6.27. The summed E-state index contributed by atoms with van der Waals surface area (Å²) in [4.78, 5) is 0. The molecule has 0 spiro atoms. The summed E-state index contributed by atoms with van der Waals surface area (Å²) in [5, 5.41) is 4.15. The summed E-state index contributed by atoms with van der Waals surface area (Å²) in [5.74, 6) is 0.693. The van der Waals surface area contributed by atoms with Gasteiger partial charge in [-0.15, -0.1) is 0 Å². The highest BCUT2D eigenvalue weighted by atomic mass is 79.9. The summed E-state index contributed by atoms with van der Waals surface area (Å²) in [6.45, 7) is 5.06. The summed E-state index contributed by atoms with van der Waals surface area (Å²) in [5.41, 5.74) is 3.54. The Morgan fingerprint density at radius 1 is 1.29 bits per heavy atom. The maximum atomic E-state index is 6.27. The fourth-order valence-electron chi connectivity index (χ4n) is 2.37. The van der Waals surface area contributed by atoms with Crippen LogP contribution in [0.1, 0.15) is 29.7 Å². The summed E-state index contributed by atoms with van der Waals surface area (Å²) >= 11 is 9.96. The molecule has 0 aliphatic rings. The van der Waals surface area contributed by atoms with Gasteiger partial charge in [-0.2, -0.15) is 0 Å². The van der Waals surface area contributed by atoms with Crippen molar-refractivity contribution in [3.63, 3.8) is 0 Å². The molecular formula is C17H19BrClNO. The molecule has 21 heavy (non-hydrogen) atoms. The standard InChI is InChI=1S/C17H19BrClNO/c1-4-20-17(13-7-5-6-11(2)16(13)18)12-8-9-15(21-3)14(19)10-12/h5-10,17,20H,4H2,1-3H3. The molecule has 0 aromatic heterocycles. The molecule has 2 aromatic rings. The molecule has 1 N–H and O–H groups in total. The monoisotopic (exact) mass is 367 g/mol. The third-order valence-corrected chi connectivity index (χ3v) is 4.83. The topological polar surface area (TPSA) is 21.3 Å². The lowest BCUT2D eigenvalue weighted by molar-refractivity contribution is 0.414. The van der Waals surface area contributed by atoms with Crippen molar-refractivity contribution in [2.75, 3.05) is 13.7 Å². The van der Waals surface area contributed by atoms with Crippen LogP contribution in [0, 0.1) is 6.92 Å². The number of rotatable bonds is 5. The van der Waals surface area contributed by atoms with E-state index in [4.69, 9.17) is 16.3 Å². The number of aryl methyl sites for hydroxylation is 1. The lowest BCUT2D eigenvalue weighted by Gasteiger charge is -2.22. The fourth-order valence-corrected chi connectivity index (χ4v) is 3.13. The van der Waals surface area contributed by atoms with Gasteiger partial charge in [-0.25, -0.2) is 0 Å². The number of benzene rings is 2. The van der Waals surface area contributed by atoms with Gasteiger partial charge in [-0.3, -0.25) is 0 Å². The predicted molar refractivity (Wildman–Crippen MR) is 92.4 cm³/mol. The largest absolute Gasteiger partial charge is 0.495 e. The van der Waals surface area contributed by atoms with Gasteiger partial charge in [0.25, 0.3) is 0 Å². The van der Waals surface area contributed by atoms with Crippen molar-refractivity contribution in [2.45, 2.75) is 19.9 Å². The molecule has 1 unspecified atom stereocenters. The van der Waals surface area contributed by atoms with Crippen LogP contribution in [0.2, 0.25) is 5.02 Å². The highest BCUT2D eigenvalue weighted by Crippen LogP contribution is 2.34. The lowest BCUT2D eigenvalue weighted by Crippen LogP contribution is -2.22. The van der Waals surface area contributed by atoms with Crippen molar-refractivity contribution in [2.24, 2.45) is 0 Å². The summed E-state index contributed by atoms with van der Waals surface area (Å²) < 4.78 is 6.35. The third kappa shape index (κ3) is 3.60. The van der Waals surface area contributed by atoms with E-state index in [1.165, 1.54) is 11.1 Å². The molecule has 2 aromatic carbocycles. The fraction of sp³-hybridized carbons (Fsp3) is 0.294. The first-order chi connectivity index (χ1) is 10.1. The molecule has 0 aliphatic heterocycles. The second-order valence-electron chi connectivity index (χ2n) is 4.86. The number of halogens is 2. The van der Waals surface area contributed by atoms with Crippen LogP contribution in [0.3, 0.4) is 0 Å². The number of methoxy groups -OCH3 is 1. The lowest BCUT2D eigenvalue weighted by atomic mass is 9.97. The second-order valence-corrected chi connectivity index (χ2v) is 6.06. The zero-order chi connectivity index (χ0) is 15.4.